The molecule has 1 aliphatic heterocycles. The molecule has 1 unspecified atom stereocenters. The largest absolute Gasteiger partial charge is 0.507 e. The number of benzene rings is 1. The maximum absolute atomic E-state index is 13.8. The number of hydrogen-bond acceptors (Lipinski definition) is 4. The van der Waals surface area contributed by atoms with Crippen molar-refractivity contribution in [3.63, 3.8) is 0 Å². The highest BCUT2D eigenvalue weighted by Gasteiger charge is 2.27. The molecule has 0 aliphatic carbocycles. The lowest BCUT2D eigenvalue weighted by Gasteiger charge is -2.34. The maximum Gasteiger partial charge on any atom is 0.260 e. The third-order valence-electron chi connectivity index (χ3n) is 4.29. The molecule has 1 fully saturated rings. The Balaban J connectivity index is 1.92. The summed E-state index contributed by atoms with van der Waals surface area (Å²) in [5.74, 6) is -3.49. The van der Waals surface area contributed by atoms with E-state index in [1.165, 1.54) is 4.90 Å². The number of phenolic OH excluding ortho intramolecular Hbond substituents is 1. The van der Waals surface area contributed by atoms with Gasteiger partial charge in [0, 0.05) is 44.4 Å². The molecular weight excluding hydrogens is 332 g/mol. The normalized spacial score (nSPS) is 16.6. The predicted octanol–water partition coefficient (Wildman–Crippen LogP) is 1.34. The van der Waals surface area contributed by atoms with Gasteiger partial charge in [0.1, 0.15) is 22.9 Å². The summed E-state index contributed by atoms with van der Waals surface area (Å²) in [6, 6.07) is 1.40. The quantitative estimate of drug-likeness (QED) is 0.836. The highest BCUT2D eigenvalue weighted by molar-refractivity contribution is 5.97. The van der Waals surface area contributed by atoms with E-state index in [1.807, 2.05) is 18.7 Å². The average Bonchev–Trinajstić information content (AvgIpc) is 2.54. The first-order valence-corrected chi connectivity index (χ1v) is 8.30. The number of hydrogen-bond donors (Lipinski definition) is 2. The van der Waals surface area contributed by atoms with Crippen LogP contribution in [-0.4, -0.2) is 65.5 Å². The van der Waals surface area contributed by atoms with E-state index in [2.05, 4.69) is 5.32 Å². The number of nitrogens with zero attached hydrogens (tertiary/aromatic N) is 2. The van der Waals surface area contributed by atoms with E-state index in [0.717, 1.165) is 6.42 Å². The monoisotopic (exact) mass is 355 g/mol. The molecule has 2 rings (SSSR count). The summed E-state index contributed by atoms with van der Waals surface area (Å²) in [4.78, 5) is 27.6. The molecule has 0 saturated carbocycles. The van der Waals surface area contributed by atoms with Crippen molar-refractivity contribution in [3.8, 4) is 5.75 Å². The molecule has 1 heterocycles. The third kappa shape index (κ3) is 4.88. The van der Waals surface area contributed by atoms with Gasteiger partial charge in [0.15, 0.2) is 0 Å². The van der Waals surface area contributed by atoms with Crippen LogP contribution in [0.5, 0.6) is 5.75 Å². The highest BCUT2D eigenvalue weighted by atomic mass is 19.1. The fourth-order valence-corrected chi connectivity index (χ4v) is 2.66. The van der Waals surface area contributed by atoms with Gasteiger partial charge in [0.2, 0.25) is 5.91 Å². The standard InChI is InChI=1S/C17H23F2N3O3/c1-3-11(2)20-15(24)10-21-4-6-22(7-5-21)17(25)16-13(19)8-12(18)9-14(16)23/h8-9,11,23H,3-7,10H2,1-2H3,(H,20,24). The van der Waals surface area contributed by atoms with Crippen LogP contribution in [-0.2, 0) is 4.79 Å². The fraction of sp³-hybridized carbons (Fsp3) is 0.529. The average molecular weight is 355 g/mol. The molecule has 138 valence electrons. The number of aromatic hydroxyl groups is 1. The van der Waals surface area contributed by atoms with Crippen LogP contribution in [0.15, 0.2) is 12.1 Å². The molecule has 1 aliphatic rings. The number of rotatable bonds is 5. The molecular formula is C17H23F2N3O3. The minimum atomic E-state index is -1.09. The van der Waals surface area contributed by atoms with Crippen LogP contribution in [0.3, 0.4) is 0 Å². The lowest BCUT2D eigenvalue weighted by Crippen LogP contribution is -2.51. The van der Waals surface area contributed by atoms with Crippen molar-refractivity contribution < 1.29 is 23.5 Å². The topological polar surface area (TPSA) is 72.9 Å². The van der Waals surface area contributed by atoms with Crippen LogP contribution in [0.1, 0.15) is 30.6 Å². The lowest BCUT2D eigenvalue weighted by atomic mass is 10.1. The van der Waals surface area contributed by atoms with Crippen molar-refractivity contribution in [2.24, 2.45) is 0 Å². The van der Waals surface area contributed by atoms with Crippen LogP contribution in [0.25, 0.3) is 0 Å². The number of piperazine rings is 1. The fourth-order valence-electron chi connectivity index (χ4n) is 2.66. The Bertz CT molecular complexity index is 623. The van der Waals surface area contributed by atoms with Gasteiger partial charge in [-0.2, -0.15) is 0 Å². The maximum atomic E-state index is 13.8. The van der Waals surface area contributed by atoms with E-state index in [9.17, 15) is 23.5 Å². The smallest absolute Gasteiger partial charge is 0.260 e. The van der Waals surface area contributed by atoms with Gasteiger partial charge in [-0.25, -0.2) is 8.78 Å². The zero-order valence-corrected chi connectivity index (χ0v) is 14.4. The van der Waals surface area contributed by atoms with E-state index in [-0.39, 0.29) is 18.5 Å². The van der Waals surface area contributed by atoms with Gasteiger partial charge < -0.3 is 15.3 Å². The van der Waals surface area contributed by atoms with Crippen LogP contribution >= 0.6 is 0 Å². The molecule has 1 atom stereocenters. The van der Waals surface area contributed by atoms with Crippen LogP contribution < -0.4 is 5.32 Å². The van der Waals surface area contributed by atoms with E-state index in [4.69, 9.17) is 0 Å². The van der Waals surface area contributed by atoms with Gasteiger partial charge in [-0.1, -0.05) is 6.92 Å². The number of nitrogens with one attached hydrogen (secondary N) is 1. The van der Waals surface area contributed by atoms with E-state index < -0.39 is 28.9 Å². The molecule has 25 heavy (non-hydrogen) atoms. The molecule has 6 nitrogen and oxygen atoms in total. The highest BCUT2D eigenvalue weighted by Crippen LogP contribution is 2.24. The molecule has 1 saturated heterocycles. The van der Waals surface area contributed by atoms with Crippen molar-refractivity contribution in [2.75, 3.05) is 32.7 Å². The number of carbonyl (C=O) groups is 2. The van der Waals surface area contributed by atoms with Crippen molar-refractivity contribution in [3.05, 3.63) is 29.3 Å². The Morgan fingerprint density at radius 3 is 2.44 bits per heavy atom. The van der Waals surface area contributed by atoms with Gasteiger partial charge in [-0.3, -0.25) is 14.5 Å². The molecule has 2 N–H and O–H groups in total. The third-order valence-corrected chi connectivity index (χ3v) is 4.29. The molecule has 0 spiro atoms. The van der Waals surface area contributed by atoms with Crippen LogP contribution in [0, 0.1) is 11.6 Å². The predicted molar refractivity (Wildman–Crippen MR) is 88.3 cm³/mol. The molecule has 0 aromatic heterocycles. The second kappa shape index (κ2) is 8.24. The van der Waals surface area contributed by atoms with Crippen LogP contribution in [0.2, 0.25) is 0 Å². The van der Waals surface area contributed by atoms with Gasteiger partial charge in [-0.15, -0.1) is 0 Å². The van der Waals surface area contributed by atoms with Crippen molar-refractivity contribution in [1.82, 2.24) is 15.1 Å². The minimum Gasteiger partial charge on any atom is -0.507 e. The van der Waals surface area contributed by atoms with Crippen molar-refractivity contribution in [1.29, 1.82) is 0 Å². The Morgan fingerprint density at radius 2 is 1.88 bits per heavy atom. The number of carbonyl (C=O) groups excluding carboxylic acids is 2. The summed E-state index contributed by atoms with van der Waals surface area (Å²) in [5.41, 5.74) is -0.524. The minimum absolute atomic E-state index is 0.0728. The molecule has 8 heteroatoms. The zero-order chi connectivity index (χ0) is 18.6. The number of phenols is 1. The summed E-state index contributed by atoms with van der Waals surface area (Å²) in [6.07, 6.45) is 0.848. The Morgan fingerprint density at radius 1 is 1.24 bits per heavy atom. The molecule has 1 aromatic carbocycles. The summed E-state index contributed by atoms with van der Waals surface area (Å²) >= 11 is 0. The first kappa shape index (κ1) is 19.1. The van der Waals surface area contributed by atoms with Crippen molar-refractivity contribution >= 4 is 11.8 Å². The SMILES string of the molecule is CCC(C)NC(=O)CN1CCN(C(=O)c2c(O)cc(F)cc2F)CC1. The zero-order valence-electron chi connectivity index (χ0n) is 14.4. The van der Waals surface area contributed by atoms with Gasteiger partial charge >= 0.3 is 0 Å². The first-order valence-electron chi connectivity index (χ1n) is 8.30. The van der Waals surface area contributed by atoms with E-state index in [1.54, 1.807) is 0 Å². The lowest BCUT2D eigenvalue weighted by molar-refractivity contribution is -0.123. The molecule has 1 aromatic rings. The molecule has 0 bridgehead atoms. The Kier molecular flexibility index (Phi) is 6.30. The summed E-state index contributed by atoms with van der Waals surface area (Å²) in [5, 5.41) is 12.5. The van der Waals surface area contributed by atoms with Gasteiger partial charge in [0.25, 0.3) is 5.91 Å². The van der Waals surface area contributed by atoms with Gasteiger partial charge in [0.05, 0.1) is 6.54 Å². The second-order valence-corrected chi connectivity index (χ2v) is 6.23. The van der Waals surface area contributed by atoms with E-state index in [0.29, 0.717) is 38.3 Å². The van der Waals surface area contributed by atoms with Crippen molar-refractivity contribution in [2.45, 2.75) is 26.3 Å². The van der Waals surface area contributed by atoms with Gasteiger partial charge in [-0.05, 0) is 13.3 Å². The summed E-state index contributed by atoms with van der Waals surface area (Å²) in [6.45, 7) is 5.67. The molecule has 0 radical (unpaired) electrons. The second-order valence-electron chi connectivity index (χ2n) is 6.23. The molecule has 2 amide bonds. The Labute approximate surface area is 145 Å². The summed E-state index contributed by atoms with van der Waals surface area (Å²) in [7, 11) is 0. The Hall–Kier alpha value is -2.22. The number of amides is 2. The van der Waals surface area contributed by atoms with Crippen LogP contribution in [0.4, 0.5) is 8.78 Å². The summed E-state index contributed by atoms with van der Waals surface area (Å²) < 4.78 is 26.8. The van der Waals surface area contributed by atoms with E-state index >= 15 is 0 Å². The first-order chi connectivity index (χ1) is 11.8. The number of halogens is 2.